The number of carbonyl (C=O) groups is 1. The van der Waals surface area contributed by atoms with Crippen LogP contribution in [0.2, 0.25) is 5.02 Å². The number of hydrogen-bond acceptors (Lipinski definition) is 4. The minimum atomic E-state index is -0.287. The molecule has 0 radical (unpaired) electrons. The Morgan fingerprint density at radius 1 is 1.07 bits per heavy atom. The predicted molar refractivity (Wildman–Crippen MR) is 119 cm³/mol. The molecule has 1 N–H and O–H groups in total. The molecule has 0 spiro atoms. The molecule has 6 heteroatoms. The van der Waals surface area contributed by atoms with E-state index in [1.165, 1.54) is 7.11 Å². The molecule has 1 aliphatic rings. The summed E-state index contributed by atoms with van der Waals surface area (Å²) in [6.45, 7) is 0.141. The number of esters is 1. The number of anilines is 1. The zero-order valence-electron chi connectivity index (χ0n) is 15.8. The molecule has 0 saturated carbocycles. The van der Waals surface area contributed by atoms with E-state index in [1.807, 2.05) is 48.5 Å². The van der Waals surface area contributed by atoms with E-state index in [4.69, 9.17) is 16.3 Å². The summed E-state index contributed by atoms with van der Waals surface area (Å²) in [6, 6.07) is 24.0. The Balaban J connectivity index is 1.88. The first-order chi connectivity index (χ1) is 14.1. The minimum Gasteiger partial charge on any atom is -0.468 e. The quantitative estimate of drug-likeness (QED) is 0.489. The van der Waals surface area contributed by atoms with Crippen LogP contribution >= 0.6 is 27.5 Å². The van der Waals surface area contributed by atoms with Gasteiger partial charge < -0.3 is 10.1 Å². The van der Waals surface area contributed by atoms with Crippen molar-refractivity contribution >= 4 is 39.2 Å². The summed E-state index contributed by atoms with van der Waals surface area (Å²) in [5.74, 6) is -0.287. The molecule has 1 heterocycles. The number of nitrogens with one attached hydrogen (secondary N) is 1. The van der Waals surface area contributed by atoms with Crippen molar-refractivity contribution in [3.8, 4) is 0 Å². The molecule has 4 rings (SSSR count). The molecular weight excluding hydrogens is 452 g/mol. The number of benzene rings is 3. The monoisotopic (exact) mass is 470 g/mol. The fourth-order valence-corrected chi connectivity index (χ4v) is 4.28. The van der Waals surface area contributed by atoms with Gasteiger partial charge in [0.25, 0.3) is 0 Å². The molecule has 0 amide bonds. The summed E-state index contributed by atoms with van der Waals surface area (Å²) in [5, 5.41) is 4.27. The summed E-state index contributed by atoms with van der Waals surface area (Å²) in [7, 11) is 1.42. The summed E-state index contributed by atoms with van der Waals surface area (Å²) in [4.78, 5) is 14.5. The van der Waals surface area contributed by atoms with Crippen molar-refractivity contribution in [2.75, 3.05) is 19.0 Å². The molecule has 0 aromatic heterocycles. The van der Waals surface area contributed by atoms with Crippen LogP contribution in [0.4, 0.5) is 5.69 Å². The molecule has 3 aromatic rings. The molecule has 0 saturated heterocycles. The number of rotatable bonds is 4. The second kappa shape index (κ2) is 8.57. The van der Waals surface area contributed by atoms with E-state index >= 15 is 0 Å². The third kappa shape index (κ3) is 4.17. The van der Waals surface area contributed by atoms with Gasteiger partial charge in [-0.05, 0) is 47.0 Å². The van der Waals surface area contributed by atoms with Crippen molar-refractivity contribution in [1.82, 2.24) is 4.90 Å². The fourth-order valence-electron chi connectivity index (χ4n) is 3.77. The van der Waals surface area contributed by atoms with E-state index < -0.39 is 0 Å². The first-order valence-corrected chi connectivity index (χ1v) is 10.4. The lowest BCUT2D eigenvalue weighted by molar-refractivity contribution is -0.143. The highest BCUT2D eigenvalue weighted by Crippen LogP contribution is 2.44. The van der Waals surface area contributed by atoms with Gasteiger partial charge in [0.1, 0.15) is 6.17 Å². The molecule has 2 atom stereocenters. The Kier molecular flexibility index (Phi) is 5.90. The maximum atomic E-state index is 12.3. The Bertz CT molecular complexity index is 1010. The predicted octanol–water partition coefficient (Wildman–Crippen LogP) is 5.79. The van der Waals surface area contributed by atoms with E-state index in [2.05, 4.69) is 50.4 Å². The van der Waals surface area contributed by atoms with Gasteiger partial charge in [-0.25, -0.2) is 0 Å². The smallest absolute Gasteiger partial charge is 0.319 e. The molecule has 1 aliphatic heterocycles. The largest absolute Gasteiger partial charge is 0.468 e. The zero-order valence-corrected chi connectivity index (χ0v) is 18.2. The van der Waals surface area contributed by atoms with Gasteiger partial charge in [-0.3, -0.25) is 9.69 Å². The molecule has 0 unspecified atom stereocenters. The normalized spacial score (nSPS) is 18.6. The number of hydrogen-bond donors (Lipinski definition) is 1. The van der Waals surface area contributed by atoms with Crippen LogP contribution in [0.1, 0.15) is 28.9 Å². The molecule has 0 bridgehead atoms. The highest BCUT2D eigenvalue weighted by atomic mass is 79.9. The van der Waals surface area contributed by atoms with Gasteiger partial charge in [0.05, 0.1) is 19.7 Å². The van der Waals surface area contributed by atoms with Crippen molar-refractivity contribution in [2.24, 2.45) is 0 Å². The minimum absolute atomic E-state index is 0.121. The van der Waals surface area contributed by atoms with Crippen LogP contribution in [-0.4, -0.2) is 24.5 Å². The number of ether oxygens (including phenoxy) is 1. The van der Waals surface area contributed by atoms with Crippen LogP contribution in [0.5, 0.6) is 0 Å². The van der Waals surface area contributed by atoms with E-state index in [0.717, 1.165) is 26.9 Å². The maximum absolute atomic E-state index is 12.3. The van der Waals surface area contributed by atoms with Gasteiger partial charge in [0, 0.05) is 15.2 Å². The Labute approximate surface area is 183 Å². The Morgan fingerprint density at radius 2 is 1.79 bits per heavy atom. The molecular formula is C23H20BrClN2O2. The van der Waals surface area contributed by atoms with Crippen molar-refractivity contribution in [2.45, 2.75) is 12.2 Å². The van der Waals surface area contributed by atoms with Crippen LogP contribution in [-0.2, 0) is 9.53 Å². The van der Waals surface area contributed by atoms with Crippen LogP contribution in [0.3, 0.4) is 0 Å². The molecule has 3 aromatic carbocycles. The summed E-state index contributed by atoms with van der Waals surface area (Å²) >= 11 is 9.69. The lowest BCUT2D eigenvalue weighted by Crippen LogP contribution is -2.44. The number of fused-ring (bicyclic) bond motifs is 1. The van der Waals surface area contributed by atoms with Gasteiger partial charge in [0.15, 0.2) is 0 Å². The number of carbonyl (C=O) groups excluding carboxylic acids is 1. The SMILES string of the molecule is COC(=O)CN1[C@@H](c2ccccc2)c2cc(Br)ccc2N[C@H]1c1ccc(Cl)cc1. The average Bonchev–Trinajstić information content (AvgIpc) is 2.74. The van der Waals surface area contributed by atoms with E-state index in [1.54, 1.807) is 0 Å². The second-order valence-electron chi connectivity index (χ2n) is 6.89. The summed E-state index contributed by atoms with van der Waals surface area (Å²) in [6.07, 6.45) is -0.217. The Morgan fingerprint density at radius 3 is 2.48 bits per heavy atom. The number of halogens is 2. The van der Waals surface area contributed by atoms with Gasteiger partial charge in [-0.2, -0.15) is 0 Å². The van der Waals surface area contributed by atoms with Crippen molar-refractivity contribution in [3.63, 3.8) is 0 Å². The summed E-state index contributed by atoms with van der Waals surface area (Å²) < 4.78 is 6.00. The van der Waals surface area contributed by atoms with Crippen molar-refractivity contribution < 1.29 is 9.53 Å². The Hall–Kier alpha value is -2.34. The third-order valence-electron chi connectivity index (χ3n) is 5.10. The molecule has 4 nitrogen and oxygen atoms in total. The van der Waals surface area contributed by atoms with Crippen molar-refractivity contribution in [1.29, 1.82) is 0 Å². The summed E-state index contributed by atoms with van der Waals surface area (Å²) in [5.41, 5.74) is 4.26. The van der Waals surface area contributed by atoms with Gasteiger partial charge in [-0.15, -0.1) is 0 Å². The lowest BCUT2D eigenvalue weighted by atomic mass is 9.91. The average molecular weight is 472 g/mol. The van der Waals surface area contributed by atoms with Gasteiger partial charge in [-0.1, -0.05) is 70.0 Å². The highest BCUT2D eigenvalue weighted by molar-refractivity contribution is 9.10. The van der Waals surface area contributed by atoms with Crippen LogP contribution in [0.15, 0.2) is 77.3 Å². The first kappa shape index (κ1) is 20.0. The number of methoxy groups -OCH3 is 1. The topological polar surface area (TPSA) is 41.6 Å². The number of nitrogens with zero attached hydrogens (tertiary/aromatic N) is 1. The fraction of sp³-hybridized carbons (Fsp3) is 0.174. The van der Waals surface area contributed by atoms with Crippen LogP contribution in [0.25, 0.3) is 0 Å². The van der Waals surface area contributed by atoms with Gasteiger partial charge in [0.2, 0.25) is 0 Å². The highest BCUT2D eigenvalue weighted by Gasteiger charge is 2.37. The standard InChI is InChI=1S/C23H20BrClN2O2/c1-29-21(28)14-27-22(15-5-3-2-4-6-15)19-13-17(24)9-12-20(19)26-23(27)16-7-10-18(25)11-8-16/h2-13,22-23,26H,14H2,1H3/t22-,23+/m0/s1. The first-order valence-electron chi connectivity index (χ1n) is 9.26. The van der Waals surface area contributed by atoms with E-state index in [0.29, 0.717) is 5.02 Å². The zero-order chi connectivity index (χ0) is 20.4. The lowest BCUT2D eigenvalue weighted by Gasteiger charge is -2.44. The second-order valence-corrected chi connectivity index (χ2v) is 8.24. The van der Waals surface area contributed by atoms with E-state index in [-0.39, 0.29) is 24.7 Å². The molecule has 0 aliphatic carbocycles. The van der Waals surface area contributed by atoms with Crippen LogP contribution in [0, 0.1) is 0 Å². The maximum Gasteiger partial charge on any atom is 0.319 e. The van der Waals surface area contributed by atoms with Crippen molar-refractivity contribution in [3.05, 3.63) is 99.0 Å². The molecule has 0 fully saturated rings. The van der Waals surface area contributed by atoms with Crippen LogP contribution < -0.4 is 5.32 Å². The third-order valence-corrected chi connectivity index (χ3v) is 5.85. The van der Waals surface area contributed by atoms with Gasteiger partial charge >= 0.3 is 5.97 Å². The van der Waals surface area contributed by atoms with E-state index in [9.17, 15) is 4.79 Å². The molecule has 29 heavy (non-hydrogen) atoms. The molecule has 148 valence electrons.